The molecule has 0 bridgehead atoms. The Hall–Kier alpha value is -1.39. The number of aryl methyl sites for hydroxylation is 2. The Kier molecular flexibility index (Phi) is 2.70. The van der Waals surface area contributed by atoms with Crippen LogP contribution in [-0.4, -0.2) is 4.98 Å². The third kappa shape index (κ3) is 2.00. The van der Waals surface area contributed by atoms with Crippen LogP contribution in [0, 0.1) is 13.8 Å². The Balaban J connectivity index is 2.40. The highest BCUT2D eigenvalue weighted by Gasteiger charge is 2.04. The lowest BCUT2D eigenvalue weighted by Gasteiger charge is -2.02. The van der Waals surface area contributed by atoms with E-state index in [4.69, 9.17) is 5.84 Å². The normalized spacial score (nSPS) is 10.3. The molecule has 3 nitrogen and oxygen atoms in total. The van der Waals surface area contributed by atoms with Crippen molar-refractivity contribution in [3.05, 3.63) is 34.7 Å². The number of nitrogens with zero attached hydrogens (tertiary/aromatic N) is 1. The van der Waals surface area contributed by atoms with Crippen LogP contribution in [-0.2, 0) is 0 Å². The Morgan fingerprint density at radius 3 is 2.67 bits per heavy atom. The van der Waals surface area contributed by atoms with Crippen LogP contribution in [0.1, 0.15) is 11.1 Å². The van der Waals surface area contributed by atoms with E-state index in [0.717, 1.165) is 16.4 Å². The fourth-order valence-electron chi connectivity index (χ4n) is 1.37. The molecule has 0 aliphatic carbocycles. The zero-order chi connectivity index (χ0) is 10.8. The molecular weight excluding hydrogens is 206 g/mol. The monoisotopic (exact) mass is 219 g/mol. The van der Waals surface area contributed by atoms with Crippen LogP contribution < -0.4 is 11.3 Å². The summed E-state index contributed by atoms with van der Waals surface area (Å²) in [5, 5.41) is 2.74. The molecular formula is C11H13N3S. The molecule has 0 aliphatic heterocycles. The molecule has 4 heteroatoms. The number of nitrogen functional groups attached to an aromatic ring is 1. The van der Waals surface area contributed by atoms with Gasteiger partial charge in [-0.25, -0.2) is 10.8 Å². The maximum atomic E-state index is 5.29. The summed E-state index contributed by atoms with van der Waals surface area (Å²) in [6.45, 7) is 4.21. The second-order valence-corrected chi connectivity index (χ2v) is 4.34. The first-order valence-electron chi connectivity index (χ1n) is 4.70. The summed E-state index contributed by atoms with van der Waals surface area (Å²) < 4.78 is 0. The largest absolute Gasteiger partial charge is 0.300 e. The molecule has 3 N–H and O–H groups in total. The number of aromatic nitrogens is 1. The molecule has 0 unspecified atom stereocenters. The van der Waals surface area contributed by atoms with Crippen LogP contribution in [0.4, 0.5) is 5.13 Å². The van der Waals surface area contributed by atoms with Crippen LogP contribution in [0.3, 0.4) is 0 Å². The number of hydrogen-bond donors (Lipinski definition) is 2. The fraction of sp³-hybridized carbons (Fsp3) is 0.182. The minimum absolute atomic E-state index is 0.739. The molecule has 0 radical (unpaired) electrons. The first kappa shape index (κ1) is 10.1. The van der Waals surface area contributed by atoms with Crippen molar-refractivity contribution in [2.75, 3.05) is 5.43 Å². The van der Waals surface area contributed by atoms with Gasteiger partial charge in [-0.2, -0.15) is 0 Å². The number of hydrazine groups is 1. The first-order chi connectivity index (χ1) is 7.20. The highest BCUT2D eigenvalue weighted by molar-refractivity contribution is 7.14. The van der Waals surface area contributed by atoms with Crippen molar-refractivity contribution in [1.82, 2.24) is 4.98 Å². The zero-order valence-electron chi connectivity index (χ0n) is 8.74. The van der Waals surface area contributed by atoms with Crippen LogP contribution in [0.5, 0.6) is 0 Å². The van der Waals surface area contributed by atoms with Crippen LogP contribution in [0.2, 0.25) is 0 Å². The molecule has 1 heterocycles. The van der Waals surface area contributed by atoms with E-state index in [9.17, 15) is 0 Å². The molecule has 0 fully saturated rings. The topological polar surface area (TPSA) is 50.9 Å². The van der Waals surface area contributed by atoms with Gasteiger partial charge in [0.15, 0.2) is 5.13 Å². The predicted octanol–water partition coefficient (Wildman–Crippen LogP) is 2.71. The van der Waals surface area contributed by atoms with Gasteiger partial charge in [0.2, 0.25) is 0 Å². The number of rotatable bonds is 2. The van der Waals surface area contributed by atoms with Gasteiger partial charge in [-0.05, 0) is 31.0 Å². The van der Waals surface area contributed by atoms with Gasteiger partial charge in [0, 0.05) is 10.9 Å². The van der Waals surface area contributed by atoms with E-state index < -0.39 is 0 Å². The van der Waals surface area contributed by atoms with E-state index in [-0.39, 0.29) is 0 Å². The Bertz CT molecular complexity index is 476. The van der Waals surface area contributed by atoms with Crippen molar-refractivity contribution >= 4 is 16.5 Å². The lowest BCUT2D eigenvalue weighted by molar-refractivity contribution is 1.28. The molecule has 2 aromatic rings. The molecule has 1 aromatic heterocycles. The average molecular weight is 219 g/mol. The Labute approximate surface area is 92.9 Å². The van der Waals surface area contributed by atoms with Crippen LogP contribution in [0.15, 0.2) is 23.6 Å². The average Bonchev–Trinajstić information content (AvgIpc) is 2.70. The maximum Gasteiger partial charge on any atom is 0.197 e. The van der Waals surface area contributed by atoms with E-state index in [2.05, 4.69) is 42.5 Å². The number of anilines is 1. The zero-order valence-corrected chi connectivity index (χ0v) is 9.56. The molecule has 0 saturated heterocycles. The SMILES string of the molecule is Cc1ccc(-c2csc(NN)n2)cc1C. The van der Waals surface area contributed by atoms with Crippen molar-refractivity contribution in [3.63, 3.8) is 0 Å². The summed E-state index contributed by atoms with van der Waals surface area (Å²) in [6.07, 6.45) is 0. The number of hydrogen-bond acceptors (Lipinski definition) is 4. The van der Waals surface area contributed by atoms with Gasteiger partial charge in [-0.1, -0.05) is 12.1 Å². The minimum atomic E-state index is 0.739. The minimum Gasteiger partial charge on any atom is -0.300 e. The standard InChI is InChI=1S/C11H13N3S/c1-7-3-4-9(5-8(7)2)10-6-15-11(13-10)14-12/h3-6H,12H2,1-2H3,(H,13,14). The second-order valence-electron chi connectivity index (χ2n) is 3.48. The molecule has 0 spiro atoms. The van der Waals surface area contributed by atoms with E-state index >= 15 is 0 Å². The highest BCUT2D eigenvalue weighted by atomic mass is 32.1. The molecule has 2 rings (SSSR count). The van der Waals surface area contributed by atoms with Crippen molar-refractivity contribution in [3.8, 4) is 11.3 Å². The molecule has 0 aliphatic rings. The molecule has 15 heavy (non-hydrogen) atoms. The predicted molar refractivity (Wildman–Crippen MR) is 64.8 cm³/mol. The van der Waals surface area contributed by atoms with Gasteiger partial charge in [0.05, 0.1) is 5.69 Å². The summed E-state index contributed by atoms with van der Waals surface area (Å²) in [7, 11) is 0. The number of thiazole rings is 1. The van der Waals surface area contributed by atoms with E-state index in [1.54, 1.807) is 0 Å². The van der Waals surface area contributed by atoms with Crippen LogP contribution in [0.25, 0.3) is 11.3 Å². The van der Waals surface area contributed by atoms with E-state index in [1.807, 2.05) is 5.38 Å². The molecule has 0 saturated carbocycles. The summed E-state index contributed by atoms with van der Waals surface area (Å²) in [4.78, 5) is 4.35. The summed E-state index contributed by atoms with van der Waals surface area (Å²) >= 11 is 1.51. The van der Waals surface area contributed by atoms with Gasteiger partial charge in [-0.15, -0.1) is 11.3 Å². The van der Waals surface area contributed by atoms with Gasteiger partial charge in [0.1, 0.15) is 0 Å². The molecule has 0 atom stereocenters. The van der Waals surface area contributed by atoms with Gasteiger partial charge < -0.3 is 0 Å². The lowest BCUT2D eigenvalue weighted by atomic mass is 10.1. The Morgan fingerprint density at radius 2 is 2.07 bits per heavy atom. The maximum absolute atomic E-state index is 5.29. The third-order valence-electron chi connectivity index (χ3n) is 2.43. The van der Waals surface area contributed by atoms with Crippen LogP contribution >= 0.6 is 11.3 Å². The highest BCUT2D eigenvalue weighted by Crippen LogP contribution is 2.25. The van der Waals surface area contributed by atoms with Crippen molar-refractivity contribution in [2.45, 2.75) is 13.8 Å². The van der Waals surface area contributed by atoms with Crippen molar-refractivity contribution in [1.29, 1.82) is 0 Å². The van der Waals surface area contributed by atoms with E-state index in [1.165, 1.54) is 22.5 Å². The third-order valence-corrected chi connectivity index (χ3v) is 3.20. The molecule has 0 amide bonds. The molecule has 1 aromatic carbocycles. The summed E-state index contributed by atoms with van der Waals surface area (Å²) in [6, 6.07) is 6.34. The number of nitrogens with one attached hydrogen (secondary N) is 1. The fourth-order valence-corrected chi connectivity index (χ4v) is 2.00. The summed E-state index contributed by atoms with van der Waals surface area (Å²) in [5.74, 6) is 5.29. The Morgan fingerprint density at radius 1 is 1.27 bits per heavy atom. The van der Waals surface area contributed by atoms with Crippen molar-refractivity contribution < 1.29 is 0 Å². The smallest absolute Gasteiger partial charge is 0.197 e. The quantitative estimate of drug-likeness (QED) is 0.603. The molecule has 78 valence electrons. The first-order valence-corrected chi connectivity index (χ1v) is 5.58. The van der Waals surface area contributed by atoms with Gasteiger partial charge >= 0.3 is 0 Å². The number of benzene rings is 1. The van der Waals surface area contributed by atoms with Gasteiger partial charge in [0.25, 0.3) is 0 Å². The second kappa shape index (κ2) is 4.00. The number of nitrogens with two attached hydrogens (primary N) is 1. The van der Waals surface area contributed by atoms with Gasteiger partial charge in [-0.3, -0.25) is 5.43 Å². The van der Waals surface area contributed by atoms with E-state index in [0.29, 0.717) is 0 Å². The lowest BCUT2D eigenvalue weighted by Crippen LogP contribution is -2.05. The van der Waals surface area contributed by atoms with Crippen molar-refractivity contribution in [2.24, 2.45) is 5.84 Å². The summed E-state index contributed by atoms with van der Waals surface area (Å²) in [5.41, 5.74) is 7.23.